The zero-order valence-corrected chi connectivity index (χ0v) is 23.6. The number of nitrogens with zero attached hydrogens (tertiary/aromatic N) is 7. The quantitative estimate of drug-likeness (QED) is 0.0644. The number of nitrogens with one attached hydrogen (secondary N) is 2. The number of nitrogen functional groups attached to an aromatic ring is 1. The topological polar surface area (TPSA) is 200 Å². The first-order chi connectivity index (χ1) is 20.6. The molecule has 0 unspecified atom stereocenters. The summed E-state index contributed by atoms with van der Waals surface area (Å²) >= 11 is 0. The third-order valence-electron chi connectivity index (χ3n) is 6.38. The number of aromatic amines is 1. The first-order valence-electron chi connectivity index (χ1n) is 13.8. The number of carbonyl (C=O) groups excluding carboxylic acids is 1. The van der Waals surface area contributed by atoms with Gasteiger partial charge in [0, 0.05) is 41.9 Å². The van der Waals surface area contributed by atoms with Crippen LogP contribution in [0.2, 0.25) is 0 Å². The number of rotatable bonds is 19. The summed E-state index contributed by atoms with van der Waals surface area (Å²) in [6, 6.07) is 7.83. The molecule has 4 N–H and O–H groups in total. The van der Waals surface area contributed by atoms with Crippen LogP contribution in [-0.2, 0) is 25.5 Å². The molecule has 0 aliphatic heterocycles. The maximum Gasteiger partial charge on any atom is 0.222 e. The lowest BCUT2D eigenvalue weighted by Gasteiger charge is -2.07. The number of azide groups is 1. The summed E-state index contributed by atoms with van der Waals surface area (Å²) in [6.45, 7) is 3.81. The minimum absolute atomic E-state index is 0.0628. The molecule has 15 nitrogen and oxygen atoms in total. The van der Waals surface area contributed by atoms with Crippen molar-refractivity contribution in [1.82, 2.24) is 30.0 Å². The highest BCUT2D eigenvalue weighted by Crippen LogP contribution is 2.32. The highest BCUT2D eigenvalue weighted by Gasteiger charge is 2.18. The molecule has 4 rings (SSSR count). The molecule has 0 saturated heterocycles. The molecule has 4 aromatic rings. The van der Waals surface area contributed by atoms with Crippen LogP contribution in [0, 0.1) is 0 Å². The van der Waals surface area contributed by atoms with Crippen LogP contribution in [0.4, 0.5) is 5.82 Å². The summed E-state index contributed by atoms with van der Waals surface area (Å²) in [5, 5.41) is 12.8. The molecule has 1 aromatic carbocycles. The van der Waals surface area contributed by atoms with E-state index in [2.05, 4.69) is 30.3 Å². The molecule has 0 atom stereocenters. The summed E-state index contributed by atoms with van der Waals surface area (Å²) in [5.41, 5.74) is 17.5. The molecule has 15 heteroatoms. The lowest BCUT2D eigenvalue weighted by atomic mass is 10.2. The molecule has 224 valence electrons. The molecule has 3 aromatic heterocycles. The van der Waals surface area contributed by atoms with Gasteiger partial charge in [-0.05, 0) is 42.6 Å². The summed E-state index contributed by atoms with van der Waals surface area (Å²) in [4.78, 5) is 26.8. The van der Waals surface area contributed by atoms with Crippen molar-refractivity contribution in [2.24, 2.45) is 5.11 Å². The second kappa shape index (κ2) is 16.1. The number of hydrogen-bond acceptors (Lipinski definition) is 10. The molecule has 0 aliphatic rings. The predicted molar refractivity (Wildman–Crippen MR) is 157 cm³/mol. The van der Waals surface area contributed by atoms with Crippen molar-refractivity contribution < 1.29 is 23.7 Å². The molecule has 42 heavy (non-hydrogen) atoms. The highest BCUT2D eigenvalue weighted by atomic mass is 16.5. The van der Waals surface area contributed by atoms with Gasteiger partial charge in [-0.2, -0.15) is 5.10 Å². The standard InChI is InChI=1S/C27H36N10O5/c1-39-20-4-5-21-19(16-20)17-22(34-21)25-24-26(28)31-18-32-27(24)37(35-25)9-3-2-7-30-23(38)6-10-40-12-14-42-15-13-41-11-8-33-36-29/h4-5,16-18,34H,2-3,6-15H2,1H3,(H,30,38)(H2,28,31,32). The number of fused-ring (bicyclic) bond motifs is 2. The third-order valence-corrected chi connectivity index (χ3v) is 6.38. The Morgan fingerprint density at radius 1 is 1.10 bits per heavy atom. The van der Waals surface area contributed by atoms with Gasteiger partial charge in [-0.25, -0.2) is 14.6 Å². The van der Waals surface area contributed by atoms with Crippen molar-refractivity contribution in [2.45, 2.75) is 25.8 Å². The number of nitrogens with two attached hydrogens (primary N) is 1. The summed E-state index contributed by atoms with van der Waals surface area (Å²) in [5.74, 6) is 1.08. The molecule has 0 spiro atoms. The summed E-state index contributed by atoms with van der Waals surface area (Å²) in [7, 11) is 1.64. The molecule has 0 radical (unpaired) electrons. The fourth-order valence-electron chi connectivity index (χ4n) is 4.30. The van der Waals surface area contributed by atoms with Crippen LogP contribution >= 0.6 is 0 Å². The Morgan fingerprint density at radius 2 is 1.88 bits per heavy atom. The van der Waals surface area contributed by atoms with E-state index in [1.807, 2.05) is 28.9 Å². The number of ether oxygens (including phenoxy) is 4. The van der Waals surface area contributed by atoms with Crippen LogP contribution in [0.25, 0.3) is 43.8 Å². The molecule has 1 amide bonds. The van der Waals surface area contributed by atoms with Crippen molar-refractivity contribution in [3.63, 3.8) is 0 Å². The van der Waals surface area contributed by atoms with Crippen molar-refractivity contribution in [1.29, 1.82) is 0 Å². The SMILES string of the molecule is COc1ccc2[nH]c(-c3nn(CCCCNC(=O)CCOCCOCCOCCN=[N+]=[N-])c4ncnc(N)c34)cc2c1. The van der Waals surface area contributed by atoms with Crippen molar-refractivity contribution in [2.75, 3.05) is 65.6 Å². The average Bonchev–Trinajstić information content (AvgIpc) is 3.59. The van der Waals surface area contributed by atoms with Crippen LogP contribution in [0.3, 0.4) is 0 Å². The van der Waals surface area contributed by atoms with Crippen LogP contribution in [0.15, 0.2) is 35.7 Å². The lowest BCUT2D eigenvalue weighted by molar-refractivity contribution is -0.122. The average molecular weight is 581 g/mol. The molecule has 0 saturated carbocycles. The first-order valence-corrected chi connectivity index (χ1v) is 13.8. The summed E-state index contributed by atoms with van der Waals surface area (Å²) in [6.07, 6.45) is 3.28. The van der Waals surface area contributed by atoms with E-state index in [0.717, 1.165) is 35.2 Å². The van der Waals surface area contributed by atoms with E-state index < -0.39 is 0 Å². The van der Waals surface area contributed by atoms with Crippen LogP contribution in [0.5, 0.6) is 5.75 Å². The normalized spacial score (nSPS) is 11.2. The Bertz CT molecular complexity index is 1500. The van der Waals surface area contributed by atoms with Crippen molar-refractivity contribution >= 4 is 33.7 Å². The van der Waals surface area contributed by atoms with E-state index in [1.54, 1.807) is 7.11 Å². The number of anilines is 1. The van der Waals surface area contributed by atoms with Gasteiger partial charge in [-0.15, -0.1) is 0 Å². The Balaban J connectivity index is 1.16. The fourth-order valence-corrected chi connectivity index (χ4v) is 4.30. The Hall–Kier alpha value is -4.43. The van der Waals surface area contributed by atoms with Gasteiger partial charge < -0.3 is 35.0 Å². The van der Waals surface area contributed by atoms with E-state index in [-0.39, 0.29) is 12.3 Å². The molecular formula is C27H36N10O5. The second-order valence-electron chi connectivity index (χ2n) is 9.26. The number of amides is 1. The van der Waals surface area contributed by atoms with Gasteiger partial charge in [-0.1, -0.05) is 5.11 Å². The van der Waals surface area contributed by atoms with Crippen LogP contribution in [-0.4, -0.2) is 90.5 Å². The van der Waals surface area contributed by atoms with E-state index in [1.165, 1.54) is 6.33 Å². The Labute approximate surface area is 242 Å². The number of H-pyrrole nitrogens is 1. The Morgan fingerprint density at radius 3 is 2.67 bits per heavy atom. The van der Waals surface area contributed by atoms with Gasteiger partial charge in [0.15, 0.2) is 5.65 Å². The van der Waals surface area contributed by atoms with Crippen LogP contribution in [0.1, 0.15) is 19.3 Å². The highest BCUT2D eigenvalue weighted by molar-refractivity contribution is 6.00. The minimum atomic E-state index is -0.0628. The lowest BCUT2D eigenvalue weighted by Crippen LogP contribution is -2.26. The number of carbonyl (C=O) groups is 1. The number of unbranched alkanes of at least 4 members (excludes halogenated alkanes) is 1. The smallest absolute Gasteiger partial charge is 0.222 e. The van der Waals surface area contributed by atoms with Crippen LogP contribution < -0.4 is 15.8 Å². The van der Waals surface area contributed by atoms with Gasteiger partial charge in [0.1, 0.15) is 23.6 Å². The Kier molecular flexibility index (Phi) is 11.7. The zero-order valence-electron chi connectivity index (χ0n) is 23.6. The van der Waals surface area contributed by atoms with Gasteiger partial charge in [-0.3, -0.25) is 4.79 Å². The minimum Gasteiger partial charge on any atom is -0.497 e. The molecule has 0 aliphatic carbocycles. The summed E-state index contributed by atoms with van der Waals surface area (Å²) < 4.78 is 23.2. The first kappa shape index (κ1) is 30.5. The van der Waals surface area contributed by atoms with Gasteiger partial charge >= 0.3 is 0 Å². The fraction of sp³-hybridized carbons (Fsp3) is 0.481. The van der Waals surface area contributed by atoms with E-state index in [9.17, 15) is 4.79 Å². The van der Waals surface area contributed by atoms with E-state index in [4.69, 9.17) is 35.3 Å². The third kappa shape index (κ3) is 8.54. The van der Waals surface area contributed by atoms with Crippen molar-refractivity contribution in [3.8, 4) is 17.1 Å². The monoisotopic (exact) mass is 580 g/mol. The predicted octanol–water partition coefficient (Wildman–Crippen LogP) is 3.21. The zero-order chi connectivity index (χ0) is 29.6. The second-order valence-corrected chi connectivity index (χ2v) is 9.26. The molecule has 0 bridgehead atoms. The van der Waals surface area contributed by atoms with Gasteiger partial charge in [0.2, 0.25) is 5.91 Å². The van der Waals surface area contributed by atoms with Crippen molar-refractivity contribution in [3.05, 3.63) is 41.0 Å². The largest absolute Gasteiger partial charge is 0.497 e. The van der Waals surface area contributed by atoms with E-state index >= 15 is 0 Å². The molecule has 3 heterocycles. The number of benzene rings is 1. The maximum absolute atomic E-state index is 12.1. The number of methoxy groups -OCH3 is 1. The maximum atomic E-state index is 12.1. The molecule has 0 fully saturated rings. The van der Waals surface area contributed by atoms with Gasteiger partial charge in [0.25, 0.3) is 0 Å². The number of aryl methyl sites for hydroxylation is 1. The van der Waals surface area contributed by atoms with E-state index in [0.29, 0.717) is 81.8 Å². The van der Waals surface area contributed by atoms with Gasteiger partial charge in [0.05, 0.1) is 57.8 Å². The number of aromatic nitrogens is 5. The molecular weight excluding hydrogens is 544 g/mol. The number of hydrogen-bond donors (Lipinski definition) is 3.